The van der Waals surface area contributed by atoms with Crippen LogP contribution >= 0.6 is 0 Å². The molecule has 2 nitrogen and oxygen atoms in total. The van der Waals surface area contributed by atoms with Gasteiger partial charge < -0.3 is 4.74 Å². The van der Waals surface area contributed by atoms with E-state index in [2.05, 4.69) is 56.0 Å². The van der Waals surface area contributed by atoms with E-state index in [4.69, 9.17) is 4.74 Å². The Kier molecular flexibility index (Phi) is 3.40. The first kappa shape index (κ1) is 13.1. The molecule has 104 valence electrons. The topological polar surface area (TPSA) is 12.5 Å². The maximum Gasteiger partial charge on any atom is 0.119 e. The maximum atomic E-state index is 6.22. The number of piperidine rings is 1. The summed E-state index contributed by atoms with van der Waals surface area (Å²) in [5, 5.41) is 0. The lowest BCUT2D eigenvalue weighted by Crippen LogP contribution is -2.54. The molecule has 2 saturated heterocycles. The van der Waals surface area contributed by atoms with E-state index in [1.165, 1.54) is 24.8 Å². The van der Waals surface area contributed by atoms with Gasteiger partial charge in [-0.05, 0) is 37.7 Å². The van der Waals surface area contributed by atoms with E-state index in [-0.39, 0.29) is 5.72 Å². The lowest BCUT2D eigenvalue weighted by Gasteiger charge is -2.47. The van der Waals surface area contributed by atoms with Crippen LogP contribution in [0.1, 0.15) is 51.6 Å². The molecule has 0 spiro atoms. The fourth-order valence-electron chi connectivity index (χ4n) is 3.89. The molecule has 2 heterocycles. The fraction of sp³-hybridized carbons (Fsp3) is 0.647. The molecule has 2 heteroatoms. The van der Waals surface area contributed by atoms with Gasteiger partial charge in [-0.1, -0.05) is 44.2 Å². The monoisotopic (exact) mass is 259 g/mol. The lowest BCUT2D eigenvalue weighted by molar-refractivity contribution is -0.124. The molecule has 0 saturated carbocycles. The van der Waals surface area contributed by atoms with Crippen molar-refractivity contribution in [3.63, 3.8) is 0 Å². The van der Waals surface area contributed by atoms with E-state index in [9.17, 15) is 0 Å². The van der Waals surface area contributed by atoms with Crippen LogP contribution < -0.4 is 0 Å². The Hall–Kier alpha value is -0.860. The van der Waals surface area contributed by atoms with Crippen LogP contribution in [0.25, 0.3) is 0 Å². The minimum Gasteiger partial charge on any atom is -0.359 e. The molecule has 3 atom stereocenters. The van der Waals surface area contributed by atoms with Gasteiger partial charge in [0.15, 0.2) is 0 Å². The molecule has 19 heavy (non-hydrogen) atoms. The third-order valence-electron chi connectivity index (χ3n) is 4.89. The van der Waals surface area contributed by atoms with Crippen LogP contribution in [0, 0.1) is 5.92 Å². The molecular weight excluding hydrogens is 234 g/mol. The highest BCUT2D eigenvalue weighted by Gasteiger charge is 2.50. The number of nitrogens with zero attached hydrogens (tertiary/aromatic N) is 1. The first-order chi connectivity index (χ1) is 9.12. The van der Waals surface area contributed by atoms with Crippen molar-refractivity contribution in [3.8, 4) is 0 Å². The molecule has 0 N–H and O–H groups in total. The average Bonchev–Trinajstić information content (AvgIpc) is 2.76. The van der Waals surface area contributed by atoms with Crippen molar-refractivity contribution >= 4 is 0 Å². The van der Waals surface area contributed by atoms with Crippen molar-refractivity contribution < 1.29 is 4.74 Å². The van der Waals surface area contributed by atoms with Crippen molar-refractivity contribution in [2.24, 2.45) is 5.92 Å². The molecule has 0 aliphatic carbocycles. The van der Waals surface area contributed by atoms with Crippen molar-refractivity contribution in [2.75, 3.05) is 6.61 Å². The fourth-order valence-corrected chi connectivity index (χ4v) is 3.89. The number of benzene rings is 1. The summed E-state index contributed by atoms with van der Waals surface area (Å²) in [6, 6.07) is 11.9. The number of hydrogen-bond acceptors (Lipinski definition) is 2. The third kappa shape index (κ3) is 2.21. The van der Waals surface area contributed by atoms with Gasteiger partial charge in [-0.25, -0.2) is 0 Å². The molecule has 0 aromatic heterocycles. The Morgan fingerprint density at radius 2 is 2.00 bits per heavy atom. The van der Waals surface area contributed by atoms with Crippen LogP contribution in [-0.4, -0.2) is 23.3 Å². The summed E-state index contributed by atoms with van der Waals surface area (Å²) in [5.41, 5.74) is 1.35. The van der Waals surface area contributed by atoms with Crippen LogP contribution in [-0.2, 0) is 4.74 Å². The highest BCUT2D eigenvalue weighted by atomic mass is 16.5. The quantitative estimate of drug-likeness (QED) is 0.796. The molecule has 0 bridgehead atoms. The first-order valence-corrected chi connectivity index (χ1v) is 7.59. The second-order valence-electron chi connectivity index (χ2n) is 6.52. The predicted octanol–water partition coefficient (Wildman–Crippen LogP) is 3.98. The van der Waals surface area contributed by atoms with Crippen LogP contribution in [0.15, 0.2) is 30.3 Å². The molecule has 2 fully saturated rings. The Morgan fingerprint density at radius 1 is 1.26 bits per heavy atom. The Morgan fingerprint density at radius 3 is 2.68 bits per heavy atom. The van der Waals surface area contributed by atoms with Gasteiger partial charge in [-0.3, -0.25) is 4.90 Å². The lowest BCUT2D eigenvalue weighted by atomic mass is 9.86. The Bertz CT molecular complexity index is 430. The van der Waals surface area contributed by atoms with Crippen molar-refractivity contribution in [3.05, 3.63) is 35.9 Å². The predicted molar refractivity (Wildman–Crippen MR) is 77.9 cm³/mol. The van der Waals surface area contributed by atoms with Gasteiger partial charge in [0.25, 0.3) is 0 Å². The van der Waals surface area contributed by atoms with Crippen LogP contribution in [0.2, 0.25) is 0 Å². The summed E-state index contributed by atoms with van der Waals surface area (Å²) in [7, 11) is 0. The summed E-state index contributed by atoms with van der Waals surface area (Å²) in [6.07, 6.45) is 3.76. The van der Waals surface area contributed by atoms with E-state index in [0.717, 1.165) is 6.61 Å². The number of ether oxygens (including phenoxy) is 1. The van der Waals surface area contributed by atoms with Gasteiger partial charge in [0.1, 0.15) is 5.72 Å². The number of hydrogen-bond donors (Lipinski definition) is 0. The molecule has 2 aliphatic rings. The number of rotatable bonds is 2. The van der Waals surface area contributed by atoms with Crippen molar-refractivity contribution in [2.45, 2.75) is 57.8 Å². The first-order valence-electron chi connectivity index (χ1n) is 7.59. The molecule has 0 amide bonds. The summed E-state index contributed by atoms with van der Waals surface area (Å²) < 4.78 is 6.22. The zero-order valence-electron chi connectivity index (χ0n) is 12.3. The maximum absolute atomic E-state index is 6.22. The Balaban J connectivity index is 1.94. The van der Waals surface area contributed by atoms with Crippen molar-refractivity contribution in [1.29, 1.82) is 0 Å². The van der Waals surface area contributed by atoms with Gasteiger partial charge in [0, 0.05) is 6.04 Å². The minimum atomic E-state index is -0.0479. The SMILES string of the molecule is CC(C)[C@@H]1CCC[C@@]2(C)OC[C@H](c3ccccc3)N12. The van der Waals surface area contributed by atoms with E-state index in [0.29, 0.717) is 18.0 Å². The molecule has 1 aromatic carbocycles. The average molecular weight is 259 g/mol. The van der Waals surface area contributed by atoms with E-state index >= 15 is 0 Å². The highest BCUT2D eigenvalue weighted by molar-refractivity contribution is 5.21. The summed E-state index contributed by atoms with van der Waals surface area (Å²) in [4.78, 5) is 2.66. The van der Waals surface area contributed by atoms with E-state index in [1.54, 1.807) is 0 Å². The highest BCUT2D eigenvalue weighted by Crippen LogP contribution is 2.46. The van der Waals surface area contributed by atoms with Crippen LogP contribution in [0.4, 0.5) is 0 Å². The largest absolute Gasteiger partial charge is 0.359 e. The zero-order chi connectivity index (χ0) is 13.5. The molecule has 0 unspecified atom stereocenters. The molecule has 2 aliphatic heterocycles. The van der Waals surface area contributed by atoms with Crippen molar-refractivity contribution in [1.82, 2.24) is 4.90 Å². The normalized spacial score (nSPS) is 35.6. The van der Waals surface area contributed by atoms with Gasteiger partial charge in [0.2, 0.25) is 0 Å². The third-order valence-corrected chi connectivity index (χ3v) is 4.89. The molecule has 1 aromatic rings. The number of fused-ring (bicyclic) bond motifs is 1. The van der Waals surface area contributed by atoms with E-state index in [1.807, 2.05) is 0 Å². The minimum absolute atomic E-state index is 0.0479. The smallest absolute Gasteiger partial charge is 0.119 e. The molecule has 0 radical (unpaired) electrons. The Labute approximate surface area is 116 Å². The summed E-state index contributed by atoms with van der Waals surface area (Å²) >= 11 is 0. The molecule has 3 rings (SSSR count). The van der Waals surface area contributed by atoms with E-state index < -0.39 is 0 Å². The van der Waals surface area contributed by atoms with Crippen LogP contribution in [0.3, 0.4) is 0 Å². The van der Waals surface area contributed by atoms with Gasteiger partial charge in [-0.15, -0.1) is 0 Å². The zero-order valence-corrected chi connectivity index (χ0v) is 12.3. The second-order valence-corrected chi connectivity index (χ2v) is 6.52. The molecular formula is C17H25NO. The second kappa shape index (κ2) is 4.92. The van der Waals surface area contributed by atoms with Gasteiger partial charge in [-0.2, -0.15) is 0 Å². The van der Waals surface area contributed by atoms with Crippen LogP contribution in [0.5, 0.6) is 0 Å². The summed E-state index contributed by atoms with van der Waals surface area (Å²) in [6.45, 7) is 7.81. The summed E-state index contributed by atoms with van der Waals surface area (Å²) in [5.74, 6) is 0.688. The standard InChI is InChI=1S/C17H25NO/c1-13(2)15-10-7-11-17(3)18(15)16(12-19-17)14-8-5-4-6-9-14/h4-6,8-9,13,15-16H,7,10-12H2,1-3H3/t15-,16+,17+/m0/s1. The van der Waals surface area contributed by atoms with Gasteiger partial charge in [0.05, 0.1) is 12.6 Å². The van der Waals surface area contributed by atoms with Gasteiger partial charge >= 0.3 is 0 Å².